The fraction of sp³-hybridized carbons (Fsp3) is 0.467. The Morgan fingerprint density at radius 1 is 1.35 bits per heavy atom. The number of hydrogen-bond donors (Lipinski definition) is 2. The summed E-state index contributed by atoms with van der Waals surface area (Å²) in [5.41, 5.74) is -0.740. The van der Waals surface area contributed by atoms with Crippen LogP contribution in [-0.2, 0) is 16.0 Å². The number of nitrogens with zero attached hydrogens (tertiary/aromatic N) is 1. The minimum atomic E-state index is -1.58. The fourth-order valence-electron chi connectivity index (χ4n) is 2.64. The first kappa shape index (κ1) is 14.5. The van der Waals surface area contributed by atoms with Gasteiger partial charge in [0.25, 0.3) is 5.91 Å². The lowest BCUT2D eigenvalue weighted by atomic mass is 9.94. The zero-order chi connectivity index (χ0) is 14.8. The van der Waals surface area contributed by atoms with Gasteiger partial charge in [-0.25, -0.2) is 4.79 Å². The highest BCUT2D eigenvalue weighted by Crippen LogP contribution is 2.23. The van der Waals surface area contributed by atoms with Crippen molar-refractivity contribution < 1.29 is 19.8 Å². The summed E-state index contributed by atoms with van der Waals surface area (Å²) in [4.78, 5) is 24.8. The van der Waals surface area contributed by atoms with Crippen LogP contribution in [0.5, 0.6) is 0 Å². The molecule has 0 saturated carbocycles. The molecule has 2 rings (SSSR count). The van der Waals surface area contributed by atoms with E-state index in [0.29, 0.717) is 19.4 Å². The Kier molecular flexibility index (Phi) is 4.09. The van der Waals surface area contributed by atoms with Gasteiger partial charge in [0.1, 0.15) is 11.6 Å². The van der Waals surface area contributed by atoms with E-state index in [2.05, 4.69) is 0 Å². The van der Waals surface area contributed by atoms with Crippen molar-refractivity contribution in [1.82, 2.24) is 4.90 Å². The van der Waals surface area contributed by atoms with E-state index >= 15 is 0 Å². The quantitative estimate of drug-likeness (QED) is 0.862. The van der Waals surface area contributed by atoms with E-state index < -0.39 is 23.5 Å². The molecule has 1 aromatic carbocycles. The molecule has 0 radical (unpaired) electrons. The molecular formula is C15H19NO4. The van der Waals surface area contributed by atoms with Gasteiger partial charge in [-0.15, -0.1) is 0 Å². The summed E-state index contributed by atoms with van der Waals surface area (Å²) in [5.74, 6) is -1.52. The van der Waals surface area contributed by atoms with Gasteiger partial charge in [0.05, 0.1) is 0 Å². The number of aliphatic carboxylic acids is 1. The third kappa shape index (κ3) is 2.99. The van der Waals surface area contributed by atoms with Gasteiger partial charge in [-0.2, -0.15) is 0 Å². The summed E-state index contributed by atoms with van der Waals surface area (Å²) in [6.07, 6.45) is 1.28. The van der Waals surface area contributed by atoms with Crippen molar-refractivity contribution in [3.8, 4) is 0 Å². The molecule has 5 nitrogen and oxygen atoms in total. The van der Waals surface area contributed by atoms with Gasteiger partial charge >= 0.3 is 5.97 Å². The van der Waals surface area contributed by atoms with E-state index in [-0.39, 0.29) is 6.42 Å². The summed E-state index contributed by atoms with van der Waals surface area (Å²) in [5, 5.41) is 19.5. The monoisotopic (exact) mass is 277 g/mol. The maximum absolute atomic E-state index is 12.4. The number of carbonyl (C=O) groups is 2. The Hall–Kier alpha value is -1.88. The van der Waals surface area contributed by atoms with Crippen molar-refractivity contribution in [2.45, 2.75) is 37.8 Å². The molecule has 0 aromatic heterocycles. The van der Waals surface area contributed by atoms with Crippen molar-refractivity contribution in [2.75, 3.05) is 6.54 Å². The Labute approximate surface area is 117 Å². The highest BCUT2D eigenvalue weighted by molar-refractivity contribution is 5.89. The number of carbonyl (C=O) groups excluding carboxylic acids is 1. The van der Waals surface area contributed by atoms with Crippen molar-refractivity contribution in [1.29, 1.82) is 0 Å². The minimum absolute atomic E-state index is 0.176. The predicted octanol–water partition coefficient (Wildman–Crippen LogP) is 1.06. The standard InChI is InChI=1S/C15H19NO4/c1-15(20,10-11-6-3-2-4-7-11)14(19)16-9-5-8-12(16)13(17)18/h2-4,6-7,12,20H,5,8-10H2,1H3,(H,17,18). The second kappa shape index (κ2) is 5.63. The number of benzene rings is 1. The lowest BCUT2D eigenvalue weighted by Gasteiger charge is -2.30. The van der Waals surface area contributed by atoms with E-state index in [0.717, 1.165) is 5.56 Å². The highest BCUT2D eigenvalue weighted by Gasteiger charge is 2.42. The molecule has 1 heterocycles. The normalized spacial score (nSPS) is 21.5. The first-order valence-electron chi connectivity index (χ1n) is 6.72. The molecule has 1 fully saturated rings. The van der Waals surface area contributed by atoms with Crippen LogP contribution >= 0.6 is 0 Å². The Bertz CT molecular complexity index is 498. The second-order valence-corrected chi connectivity index (χ2v) is 5.43. The molecule has 108 valence electrons. The molecule has 20 heavy (non-hydrogen) atoms. The van der Waals surface area contributed by atoms with E-state index in [1.165, 1.54) is 11.8 Å². The molecule has 5 heteroatoms. The molecule has 1 aliphatic heterocycles. The van der Waals surface area contributed by atoms with Crippen molar-refractivity contribution in [3.63, 3.8) is 0 Å². The van der Waals surface area contributed by atoms with Crippen LogP contribution in [0.2, 0.25) is 0 Å². The lowest BCUT2D eigenvalue weighted by molar-refractivity contribution is -0.157. The van der Waals surface area contributed by atoms with Gasteiger partial charge in [-0.05, 0) is 25.3 Å². The van der Waals surface area contributed by atoms with Crippen LogP contribution in [-0.4, -0.2) is 45.2 Å². The van der Waals surface area contributed by atoms with Crippen LogP contribution in [0.4, 0.5) is 0 Å². The summed E-state index contributed by atoms with van der Waals surface area (Å²) in [6.45, 7) is 1.83. The zero-order valence-corrected chi connectivity index (χ0v) is 11.5. The maximum Gasteiger partial charge on any atom is 0.326 e. The van der Waals surface area contributed by atoms with Crippen molar-refractivity contribution in [2.24, 2.45) is 0 Å². The Morgan fingerprint density at radius 3 is 2.60 bits per heavy atom. The van der Waals surface area contributed by atoms with Gasteiger partial charge in [-0.3, -0.25) is 4.79 Å². The number of carboxylic acid groups (broad SMARTS) is 1. The van der Waals surface area contributed by atoms with Gasteiger partial charge in [-0.1, -0.05) is 30.3 Å². The predicted molar refractivity (Wildman–Crippen MR) is 73.1 cm³/mol. The molecule has 0 bridgehead atoms. The first-order valence-corrected chi connectivity index (χ1v) is 6.72. The largest absolute Gasteiger partial charge is 0.480 e. The fourth-order valence-corrected chi connectivity index (χ4v) is 2.64. The molecule has 1 amide bonds. The van der Waals surface area contributed by atoms with E-state index in [9.17, 15) is 14.7 Å². The van der Waals surface area contributed by atoms with Crippen LogP contribution in [0.1, 0.15) is 25.3 Å². The number of amides is 1. The smallest absolute Gasteiger partial charge is 0.326 e. The molecular weight excluding hydrogens is 258 g/mol. The van der Waals surface area contributed by atoms with Gasteiger partial charge in [0.15, 0.2) is 0 Å². The second-order valence-electron chi connectivity index (χ2n) is 5.43. The third-order valence-electron chi connectivity index (χ3n) is 3.65. The summed E-state index contributed by atoms with van der Waals surface area (Å²) < 4.78 is 0. The molecule has 1 aromatic rings. The summed E-state index contributed by atoms with van der Waals surface area (Å²) in [7, 11) is 0. The number of aliphatic hydroxyl groups is 1. The molecule has 2 atom stereocenters. The van der Waals surface area contributed by atoms with Crippen LogP contribution in [0, 0.1) is 0 Å². The number of likely N-dealkylation sites (tertiary alicyclic amines) is 1. The van der Waals surface area contributed by atoms with Crippen molar-refractivity contribution in [3.05, 3.63) is 35.9 Å². The van der Waals surface area contributed by atoms with Gasteiger partial charge in [0.2, 0.25) is 0 Å². The van der Waals surface area contributed by atoms with E-state index in [4.69, 9.17) is 5.11 Å². The molecule has 0 spiro atoms. The van der Waals surface area contributed by atoms with Crippen LogP contribution < -0.4 is 0 Å². The molecule has 2 N–H and O–H groups in total. The number of hydrogen-bond acceptors (Lipinski definition) is 3. The molecule has 1 saturated heterocycles. The highest BCUT2D eigenvalue weighted by atomic mass is 16.4. The van der Waals surface area contributed by atoms with Crippen LogP contribution in [0.3, 0.4) is 0 Å². The average molecular weight is 277 g/mol. The minimum Gasteiger partial charge on any atom is -0.480 e. The maximum atomic E-state index is 12.4. The van der Waals surface area contributed by atoms with Crippen molar-refractivity contribution >= 4 is 11.9 Å². The topological polar surface area (TPSA) is 77.8 Å². The third-order valence-corrected chi connectivity index (χ3v) is 3.65. The zero-order valence-electron chi connectivity index (χ0n) is 11.5. The molecule has 1 aliphatic rings. The van der Waals surface area contributed by atoms with E-state index in [1.807, 2.05) is 30.3 Å². The Morgan fingerprint density at radius 2 is 2.00 bits per heavy atom. The molecule has 0 aliphatic carbocycles. The van der Waals surface area contributed by atoms with E-state index in [1.54, 1.807) is 0 Å². The number of carboxylic acids is 1. The SMILES string of the molecule is CC(O)(Cc1ccccc1)C(=O)N1CCCC1C(=O)O. The average Bonchev–Trinajstić information content (AvgIpc) is 2.87. The van der Waals surface area contributed by atoms with Crippen LogP contribution in [0.15, 0.2) is 30.3 Å². The van der Waals surface area contributed by atoms with Gasteiger partial charge in [0, 0.05) is 13.0 Å². The van der Waals surface area contributed by atoms with Crippen LogP contribution in [0.25, 0.3) is 0 Å². The van der Waals surface area contributed by atoms with Gasteiger partial charge < -0.3 is 15.1 Å². The number of rotatable bonds is 4. The summed E-state index contributed by atoms with van der Waals surface area (Å²) >= 11 is 0. The summed E-state index contributed by atoms with van der Waals surface area (Å²) in [6, 6.07) is 8.39. The lowest BCUT2D eigenvalue weighted by Crippen LogP contribution is -2.52. The molecule has 2 unspecified atom stereocenters. The first-order chi connectivity index (χ1) is 9.42. The Balaban J connectivity index is 2.12.